The number of anilines is 1. The van der Waals surface area contributed by atoms with Gasteiger partial charge in [0.1, 0.15) is 0 Å². The van der Waals surface area contributed by atoms with E-state index in [-0.39, 0.29) is 0 Å². The molecule has 0 atom stereocenters. The summed E-state index contributed by atoms with van der Waals surface area (Å²) in [5.74, 6) is 0. The van der Waals surface area contributed by atoms with E-state index in [1.54, 1.807) is 0 Å². The summed E-state index contributed by atoms with van der Waals surface area (Å²) in [6.07, 6.45) is 2.45. The van der Waals surface area contributed by atoms with Gasteiger partial charge in [-0.2, -0.15) is 0 Å². The minimum Gasteiger partial charge on any atom is -0.385 e. The highest BCUT2D eigenvalue weighted by Gasteiger charge is 1.97. The van der Waals surface area contributed by atoms with E-state index < -0.39 is 0 Å². The molecule has 0 aliphatic heterocycles. The maximum atomic E-state index is 3.46. The first-order chi connectivity index (χ1) is 8.40. The predicted molar refractivity (Wildman–Crippen MR) is 75.3 cm³/mol. The summed E-state index contributed by atoms with van der Waals surface area (Å²) < 4.78 is 0. The van der Waals surface area contributed by atoms with Crippen molar-refractivity contribution in [1.82, 2.24) is 0 Å². The van der Waals surface area contributed by atoms with E-state index >= 15 is 0 Å². The fourth-order valence-electron chi connectivity index (χ4n) is 1.85. The molecular formula is C16H19N. The van der Waals surface area contributed by atoms with E-state index in [4.69, 9.17) is 0 Å². The molecule has 1 N–H and O–H groups in total. The molecule has 1 nitrogen and oxygen atoms in total. The molecule has 0 saturated heterocycles. The van der Waals surface area contributed by atoms with Gasteiger partial charge in [0.25, 0.3) is 0 Å². The standard InChI is InChI=1S/C16H19N/c1-2-3-12-17-16-11-7-10-15(13-16)14-8-5-4-6-9-14/h4-11,13,17H,2-3,12H2,1H3. The van der Waals surface area contributed by atoms with Gasteiger partial charge in [-0.25, -0.2) is 0 Å². The van der Waals surface area contributed by atoms with E-state index in [1.165, 1.54) is 29.7 Å². The molecule has 0 fully saturated rings. The first-order valence-electron chi connectivity index (χ1n) is 6.29. The molecule has 88 valence electrons. The maximum Gasteiger partial charge on any atom is 0.0346 e. The Bertz CT molecular complexity index is 448. The van der Waals surface area contributed by atoms with Crippen LogP contribution in [0.1, 0.15) is 19.8 Å². The van der Waals surface area contributed by atoms with Gasteiger partial charge in [0, 0.05) is 12.2 Å². The van der Waals surface area contributed by atoms with Crippen molar-refractivity contribution in [2.24, 2.45) is 0 Å². The minimum absolute atomic E-state index is 1.05. The molecule has 17 heavy (non-hydrogen) atoms. The predicted octanol–water partition coefficient (Wildman–Crippen LogP) is 4.57. The Morgan fingerprint density at radius 1 is 0.882 bits per heavy atom. The molecule has 0 heterocycles. The molecule has 0 spiro atoms. The topological polar surface area (TPSA) is 12.0 Å². The summed E-state index contributed by atoms with van der Waals surface area (Å²) >= 11 is 0. The van der Waals surface area contributed by atoms with Crippen molar-refractivity contribution in [2.45, 2.75) is 19.8 Å². The number of rotatable bonds is 5. The molecule has 2 aromatic rings. The van der Waals surface area contributed by atoms with E-state index in [2.05, 4.69) is 60.8 Å². The van der Waals surface area contributed by atoms with Gasteiger partial charge in [0.05, 0.1) is 0 Å². The summed E-state index contributed by atoms with van der Waals surface area (Å²) in [7, 11) is 0. The smallest absolute Gasteiger partial charge is 0.0346 e. The van der Waals surface area contributed by atoms with Gasteiger partial charge in [-0.15, -0.1) is 0 Å². The molecule has 0 aromatic heterocycles. The second kappa shape index (κ2) is 6.09. The summed E-state index contributed by atoms with van der Waals surface area (Å²) in [4.78, 5) is 0. The Labute approximate surface area is 103 Å². The lowest BCUT2D eigenvalue weighted by molar-refractivity contribution is 0.834. The maximum absolute atomic E-state index is 3.46. The lowest BCUT2D eigenvalue weighted by Crippen LogP contribution is -2.00. The Morgan fingerprint density at radius 3 is 2.41 bits per heavy atom. The summed E-state index contributed by atoms with van der Waals surface area (Å²) in [6.45, 7) is 3.26. The Kier molecular flexibility index (Phi) is 4.20. The monoisotopic (exact) mass is 225 g/mol. The number of hydrogen-bond acceptors (Lipinski definition) is 1. The Morgan fingerprint density at radius 2 is 1.65 bits per heavy atom. The Hall–Kier alpha value is -1.76. The van der Waals surface area contributed by atoms with Gasteiger partial charge in [-0.05, 0) is 29.7 Å². The van der Waals surface area contributed by atoms with Crippen molar-refractivity contribution < 1.29 is 0 Å². The van der Waals surface area contributed by atoms with E-state index in [9.17, 15) is 0 Å². The Balaban J connectivity index is 2.12. The van der Waals surface area contributed by atoms with Gasteiger partial charge >= 0.3 is 0 Å². The molecule has 0 aliphatic carbocycles. The van der Waals surface area contributed by atoms with Crippen molar-refractivity contribution in [3.63, 3.8) is 0 Å². The third-order valence-corrected chi connectivity index (χ3v) is 2.83. The molecule has 0 unspecified atom stereocenters. The third-order valence-electron chi connectivity index (χ3n) is 2.83. The first-order valence-corrected chi connectivity index (χ1v) is 6.29. The van der Waals surface area contributed by atoms with E-state index in [0.29, 0.717) is 0 Å². The highest BCUT2D eigenvalue weighted by atomic mass is 14.9. The van der Waals surface area contributed by atoms with Gasteiger partial charge in [-0.3, -0.25) is 0 Å². The average Bonchev–Trinajstić information content (AvgIpc) is 2.41. The van der Waals surface area contributed by atoms with Crippen molar-refractivity contribution in [2.75, 3.05) is 11.9 Å². The lowest BCUT2D eigenvalue weighted by Gasteiger charge is -2.08. The van der Waals surface area contributed by atoms with Crippen LogP contribution in [0, 0.1) is 0 Å². The van der Waals surface area contributed by atoms with E-state index in [1.807, 2.05) is 6.07 Å². The van der Waals surface area contributed by atoms with Crippen LogP contribution in [0.15, 0.2) is 54.6 Å². The molecule has 0 aliphatic rings. The van der Waals surface area contributed by atoms with Crippen LogP contribution in [0.2, 0.25) is 0 Å². The molecule has 1 heteroatoms. The molecular weight excluding hydrogens is 206 g/mol. The van der Waals surface area contributed by atoms with Crippen LogP contribution in [-0.4, -0.2) is 6.54 Å². The number of unbranched alkanes of at least 4 members (excludes halogenated alkanes) is 1. The van der Waals surface area contributed by atoms with Crippen LogP contribution >= 0.6 is 0 Å². The van der Waals surface area contributed by atoms with Crippen LogP contribution in [0.4, 0.5) is 5.69 Å². The molecule has 0 radical (unpaired) electrons. The van der Waals surface area contributed by atoms with Crippen LogP contribution in [0.25, 0.3) is 11.1 Å². The second-order valence-electron chi connectivity index (χ2n) is 4.23. The van der Waals surface area contributed by atoms with Gasteiger partial charge < -0.3 is 5.32 Å². The normalized spacial score (nSPS) is 10.2. The summed E-state index contributed by atoms with van der Waals surface area (Å²) in [6, 6.07) is 19.1. The second-order valence-corrected chi connectivity index (χ2v) is 4.23. The minimum atomic E-state index is 1.05. The van der Waals surface area contributed by atoms with Crippen LogP contribution in [0.3, 0.4) is 0 Å². The fourth-order valence-corrected chi connectivity index (χ4v) is 1.85. The van der Waals surface area contributed by atoms with Crippen LogP contribution in [-0.2, 0) is 0 Å². The lowest BCUT2D eigenvalue weighted by atomic mass is 10.1. The van der Waals surface area contributed by atoms with Crippen molar-refractivity contribution in [3.05, 3.63) is 54.6 Å². The highest BCUT2D eigenvalue weighted by Crippen LogP contribution is 2.22. The molecule has 0 bridgehead atoms. The zero-order valence-electron chi connectivity index (χ0n) is 10.3. The van der Waals surface area contributed by atoms with Crippen LogP contribution in [0.5, 0.6) is 0 Å². The van der Waals surface area contributed by atoms with Crippen LogP contribution < -0.4 is 5.32 Å². The van der Waals surface area contributed by atoms with Crippen molar-refractivity contribution in [1.29, 1.82) is 0 Å². The van der Waals surface area contributed by atoms with Crippen molar-refractivity contribution >= 4 is 5.69 Å². The fraction of sp³-hybridized carbons (Fsp3) is 0.250. The molecule has 0 amide bonds. The highest BCUT2D eigenvalue weighted by molar-refractivity contribution is 5.67. The quantitative estimate of drug-likeness (QED) is 0.735. The number of hydrogen-bond donors (Lipinski definition) is 1. The number of benzene rings is 2. The molecule has 2 aromatic carbocycles. The van der Waals surface area contributed by atoms with Gasteiger partial charge in [0.15, 0.2) is 0 Å². The summed E-state index contributed by atoms with van der Waals surface area (Å²) in [5.41, 5.74) is 3.75. The third kappa shape index (κ3) is 3.35. The zero-order valence-corrected chi connectivity index (χ0v) is 10.3. The molecule has 0 saturated carbocycles. The van der Waals surface area contributed by atoms with E-state index in [0.717, 1.165) is 6.54 Å². The van der Waals surface area contributed by atoms with Crippen molar-refractivity contribution in [3.8, 4) is 11.1 Å². The van der Waals surface area contributed by atoms with Gasteiger partial charge in [-0.1, -0.05) is 55.8 Å². The largest absolute Gasteiger partial charge is 0.385 e. The average molecular weight is 225 g/mol. The summed E-state index contributed by atoms with van der Waals surface area (Å²) in [5, 5.41) is 3.46. The SMILES string of the molecule is CCCCNc1cccc(-c2ccccc2)c1. The van der Waals surface area contributed by atoms with Gasteiger partial charge in [0.2, 0.25) is 0 Å². The zero-order chi connectivity index (χ0) is 11.9. The first kappa shape index (κ1) is 11.7. The molecule has 2 rings (SSSR count). The number of nitrogens with one attached hydrogen (secondary N) is 1.